The van der Waals surface area contributed by atoms with Gasteiger partial charge in [-0.2, -0.15) is 0 Å². The highest BCUT2D eigenvalue weighted by molar-refractivity contribution is 5.93. The standard InChI is InChI=1S/C20H21N3O3/c1-13(2)15-6-8-17(9-7-15)25-11-19(24)22-18-10-16(5-4-14(18)3)20-23-21-12-26-20/h4-10,12-13H,11H2,1-3H3,(H,22,24). The second-order valence-corrected chi connectivity index (χ2v) is 6.33. The van der Waals surface area contributed by atoms with Gasteiger partial charge in [-0.25, -0.2) is 0 Å². The van der Waals surface area contributed by atoms with E-state index in [0.717, 1.165) is 11.1 Å². The van der Waals surface area contributed by atoms with Crippen LogP contribution in [0.4, 0.5) is 5.69 Å². The van der Waals surface area contributed by atoms with Crippen LogP contribution in [0, 0.1) is 6.92 Å². The number of benzene rings is 2. The summed E-state index contributed by atoms with van der Waals surface area (Å²) in [6, 6.07) is 13.3. The molecule has 0 radical (unpaired) electrons. The molecule has 26 heavy (non-hydrogen) atoms. The number of aryl methyl sites for hydroxylation is 1. The number of hydrogen-bond acceptors (Lipinski definition) is 5. The zero-order valence-electron chi connectivity index (χ0n) is 15.0. The highest BCUT2D eigenvalue weighted by Gasteiger charge is 2.10. The van der Waals surface area contributed by atoms with Gasteiger partial charge in [0.25, 0.3) is 5.91 Å². The maximum absolute atomic E-state index is 12.2. The molecule has 6 nitrogen and oxygen atoms in total. The van der Waals surface area contributed by atoms with Crippen molar-refractivity contribution in [3.8, 4) is 17.2 Å². The minimum absolute atomic E-state index is 0.0642. The van der Waals surface area contributed by atoms with Crippen molar-refractivity contribution in [3.05, 3.63) is 60.0 Å². The topological polar surface area (TPSA) is 77.3 Å². The summed E-state index contributed by atoms with van der Waals surface area (Å²) < 4.78 is 10.8. The Morgan fingerprint density at radius 1 is 1.19 bits per heavy atom. The molecule has 134 valence electrons. The van der Waals surface area contributed by atoms with Crippen molar-refractivity contribution in [2.45, 2.75) is 26.7 Å². The summed E-state index contributed by atoms with van der Waals surface area (Å²) in [5.74, 6) is 1.30. The third kappa shape index (κ3) is 4.27. The molecule has 1 amide bonds. The number of hydrogen-bond donors (Lipinski definition) is 1. The number of carbonyl (C=O) groups excluding carboxylic acids is 1. The summed E-state index contributed by atoms with van der Waals surface area (Å²) in [7, 11) is 0. The fourth-order valence-corrected chi connectivity index (χ4v) is 2.47. The predicted molar refractivity (Wildman–Crippen MR) is 99.1 cm³/mol. The number of carbonyl (C=O) groups is 1. The molecule has 3 rings (SSSR count). The molecule has 6 heteroatoms. The Labute approximate surface area is 152 Å². The van der Waals surface area contributed by atoms with Crippen LogP contribution in [0.1, 0.15) is 30.9 Å². The van der Waals surface area contributed by atoms with Crippen LogP contribution in [-0.4, -0.2) is 22.7 Å². The molecule has 0 spiro atoms. The SMILES string of the molecule is Cc1ccc(-c2nnco2)cc1NC(=O)COc1ccc(C(C)C)cc1. The lowest BCUT2D eigenvalue weighted by atomic mass is 10.0. The van der Waals surface area contributed by atoms with Gasteiger partial charge in [-0.05, 0) is 48.2 Å². The van der Waals surface area contributed by atoms with Crippen molar-refractivity contribution in [1.82, 2.24) is 10.2 Å². The zero-order chi connectivity index (χ0) is 18.5. The van der Waals surface area contributed by atoms with Gasteiger partial charge >= 0.3 is 0 Å². The predicted octanol–water partition coefficient (Wildman–Crippen LogP) is 4.19. The van der Waals surface area contributed by atoms with Gasteiger partial charge in [0.15, 0.2) is 6.61 Å². The number of rotatable bonds is 6. The van der Waals surface area contributed by atoms with Crippen LogP contribution in [-0.2, 0) is 4.79 Å². The molecule has 0 saturated carbocycles. The van der Waals surface area contributed by atoms with E-state index >= 15 is 0 Å². The van der Waals surface area contributed by atoms with Crippen LogP contribution in [0.3, 0.4) is 0 Å². The minimum Gasteiger partial charge on any atom is -0.484 e. The van der Waals surface area contributed by atoms with Crippen LogP contribution in [0.25, 0.3) is 11.5 Å². The van der Waals surface area contributed by atoms with Gasteiger partial charge in [-0.15, -0.1) is 10.2 Å². The largest absolute Gasteiger partial charge is 0.484 e. The highest BCUT2D eigenvalue weighted by atomic mass is 16.5. The summed E-state index contributed by atoms with van der Waals surface area (Å²) in [6.45, 7) is 6.12. The number of aromatic nitrogens is 2. The monoisotopic (exact) mass is 351 g/mol. The summed E-state index contributed by atoms with van der Waals surface area (Å²) in [5.41, 5.74) is 3.59. The molecule has 0 unspecified atom stereocenters. The normalized spacial score (nSPS) is 10.8. The van der Waals surface area contributed by atoms with Crippen molar-refractivity contribution in [2.24, 2.45) is 0 Å². The Morgan fingerprint density at radius 3 is 2.62 bits per heavy atom. The maximum Gasteiger partial charge on any atom is 0.262 e. The molecule has 0 saturated heterocycles. The first-order chi connectivity index (χ1) is 12.5. The van der Waals surface area contributed by atoms with Crippen LogP contribution in [0.2, 0.25) is 0 Å². The Bertz CT molecular complexity index is 872. The van der Waals surface area contributed by atoms with Crippen molar-refractivity contribution in [2.75, 3.05) is 11.9 Å². The van der Waals surface area contributed by atoms with Gasteiger partial charge in [0.2, 0.25) is 12.3 Å². The van der Waals surface area contributed by atoms with Crippen molar-refractivity contribution in [3.63, 3.8) is 0 Å². The molecule has 0 aliphatic carbocycles. The number of amides is 1. The molecule has 0 aliphatic heterocycles. The van der Waals surface area contributed by atoms with Crippen LogP contribution in [0.15, 0.2) is 53.3 Å². The van der Waals surface area contributed by atoms with E-state index in [2.05, 4.69) is 29.4 Å². The fourth-order valence-electron chi connectivity index (χ4n) is 2.47. The van der Waals surface area contributed by atoms with E-state index < -0.39 is 0 Å². The summed E-state index contributed by atoms with van der Waals surface area (Å²) >= 11 is 0. The summed E-state index contributed by atoms with van der Waals surface area (Å²) in [5, 5.41) is 10.4. The Kier molecular flexibility index (Phi) is 5.31. The molecule has 3 aromatic rings. The Balaban J connectivity index is 1.62. The third-order valence-electron chi connectivity index (χ3n) is 4.04. The lowest BCUT2D eigenvalue weighted by Crippen LogP contribution is -2.20. The summed E-state index contributed by atoms with van der Waals surface area (Å²) in [4.78, 5) is 12.2. The first-order valence-corrected chi connectivity index (χ1v) is 8.42. The molecule has 2 aromatic carbocycles. The van der Waals surface area contributed by atoms with Gasteiger partial charge in [-0.3, -0.25) is 4.79 Å². The van der Waals surface area contributed by atoms with Gasteiger partial charge < -0.3 is 14.5 Å². The number of nitrogens with one attached hydrogen (secondary N) is 1. The van der Waals surface area contributed by atoms with E-state index in [-0.39, 0.29) is 12.5 Å². The van der Waals surface area contributed by atoms with Crippen LogP contribution in [0.5, 0.6) is 5.75 Å². The number of anilines is 1. The van der Waals surface area contributed by atoms with E-state index in [1.54, 1.807) is 6.07 Å². The average molecular weight is 351 g/mol. The first-order valence-electron chi connectivity index (χ1n) is 8.42. The minimum atomic E-state index is -0.233. The molecule has 1 aromatic heterocycles. The van der Waals surface area contributed by atoms with Crippen LogP contribution < -0.4 is 10.1 Å². The average Bonchev–Trinajstić information content (AvgIpc) is 3.17. The van der Waals surface area contributed by atoms with E-state index in [9.17, 15) is 4.79 Å². The molecular formula is C20H21N3O3. The van der Waals surface area contributed by atoms with Crippen LogP contribution >= 0.6 is 0 Å². The van der Waals surface area contributed by atoms with Gasteiger partial charge in [0, 0.05) is 11.3 Å². The second kappa shape index (κ2) is 7.82. The molecule has 1 heterocycles. The number of nitrogens with zero attached hydrogens (tertiary/aromatic N) is 2. The van der Waals surface area contributed by atoms with Crippen molar-refractivity contribution < 1.29 is 13.9 Å². The molecule has 0 atom stereocenters. The van der Waals surface area contributed by atoms with Gasteiger partial charge in [0.1, 0.15) is 5.75 Å². The third-order valence-corrected chi connectivity index (χ3v) is 4.04. The maximum atomic E-state index is 12.2. The fraction of sp³-hybridized carbons (Fsp3) is 0.250. The zero-order valence-corrected chi connectivity index (χ0v) is 15.0. The van der Waals surface area contributed by atoms with Crippen molar-refractivity contribution in [1.29, 1.82) is 0 Å². The smallest absolute Gasteiger partial charge is 0.262 e. The summed E-state index contributed by atoms with van der Waals surface area (Å²) in [6.07, 6.45) is 1.27. The molecule has 0 aliphatic rings. The molecule has 0 fully saturated rings. The highest BCUT2D eigenvalue weighted by Crippen LogP contribution is 2.24. The lowest BCUT2D eigenvalue weighted by Gasteiger charge is -2.11. The van der Waals surface area contributed by atoms with E-state index in [0.29, 0.717) is 23.2 Å². The second-order valence-electron chi connectivity index (χ2n) is 6.33. The molecule has 1 N–H and O–H groups in total. The van der Waals surface area contributed by atoms with E-state index in [1.165, 1.54) is 12.0 Å². The number of ether oxygens (including phenoxy) is 1. The van der Waals surface area contributed by atoms with E-state index in [4.69, 9.17) is 9.15 Å². The van der Waals surface area contributed by atoms with Gasteiger partial charge in [-0.1, -0.05) is 32.0 Å². The first kappa shape index (κ1) is 17.7. The van der Waals surface area contributed by atoms with Crippen molar-refractivity contribution >= 4 is 11.6 Å². The van der Waals surface area contributed by atoms with Gasteiger partial charge in [0.05, 0.1) is 0 Å². The Morgan fingerprint density at radius 2 is 1.96 bits per heavy atom. The molecular weight excluding hydrogens is 330 g/mol. The molecule has 0 bridgehead atoms. The Hall–Kier alpha value is -3.15. The van der Waals surface area contributed by atoms with E-state index in [1.807, 2.05) is 43.3 Å². The lowest BCUT2D eigenvalue weighted by molar-refractivity contribution is -0.118. The quantitative estimate of drug-likeness (QED) is 0.721.